The van der Waals surface area contributed by atoms with Crippen LogP contribution in [0.15, 0.2) is 53.3 Å². The summed E-state index contributed by atoms with van der Waals surface area (Å²) in [5.41, 5.74) is 1.74. The number of rotatable bonds is 1. The number of aromatic amines is 1. The molecule has 7 heteroatoms. The summed E-state index contributed by atoms with van der Waals surface area (Å²) in [5.74, 6) is -0.677. The summed E-state index contributed by atoms with van der Waals surface area (Å²) in [5, 5.41) is 2.78. The van der Waals surface area contributed by atoms with Crippen LogP contribution in [0.1, 0.15) is 23.5 Å². The van der Waals surface area contributed by atoms with E-state index in [1.165, 1.54) is 6.07 Å². The molecule has 0 aliphatic carbocycles. The number of hydrogen-bond acceptors (Lipinski definition) is 3. The first-order valence-corrected chi connectivity index (χ1v) is 8.21. The molecule has 128 valence electrons. The van der Waals surface area contributed by atoms with Crippen LogP contribution >= 0.6 is 0 Å². The fourth-order valence-corrected chi connectivity index (χ4v) is 3.67. The van der Waals surface area contributed by atoms with Crippen LogP contribution in [0.3, 0.4) is 0 Å². The first-order chi connectivity index (χ1) is 12.6. The predicted molar refractivity (Wildman–Crippen MR) is 94.8 cm³/mol. The minimum absolute atomic E-state index is 0.00908. The zero-order valence-corrected chi connectivity index (χ0v) is 13.5. The maximum atomic E-state index is 14.4. The molecule has 5 rings (SSSR count). The van der Waals surface area contributed by atoms with Gasteiger partial charge in [0.25, 0.3) is 5.56 Å². The van der Waals surface area contributed by atoms with Crippen LogP contribution in [0.4, 0.5) is 10.2 Å². The second-order valence-electron chi connectivity index (χ2n) is 6.30. The Morgan fingerprint density at radius 1 is 1.08 bits per heavy atom. The quantitative estimate of drug-likeness (QED) is 0.555. The number of nitrogens with one attached hydrogen (secondary N) is 2. The Balaban J connectivity index is 1.89. The lowest BCUT2D eigenvalue weighted by atomic mass is 9.86. The first kappa shape index (κ1) is 14.8. The van der Waals surface area contributed by atoms with Crippen LogP contribution in [0.2, 0.25) is 0 Å². The van der Waals surface area contributed by atoms with Crippen LogP contribution in [-0.2, 0) is 4.79 Å². The molecule has 0 radical (unpaired) electrons. The van der Waals surface area contributed by atoms with E-state index in [9.17, 15) is 14.0 Å². The molecule has 6 nitrogen and oxygen atoms in total. The van der Waals surface area contributed by atoms with E-state index in [1.54, 1.807) is 22.6 Å². The minimum Gasteiger partial charge on any atom is -0.311 e. The fourth-order valence-electron chi connectivity index (χ4n) is 3.67. The third kappa shape index (κ3) is 2.00. The van der Waals surface area contributed by atoms with E-state index in [-0.39, 0.29) is 17.9 Å². The summed E-state index contributed by atoms with van der Waals surface area (Å²) in [6.07, 6.45) is 0.00908. The minimum atomic E-state index is -0.658. The summed E-state index contributed by atoms with van der Waals surface area (Å²) < 4.78 is 16.1. The molecule has 2 aromatic heterocycles. The van der Waals surface area contributed by atoms with Crippen LogP contribution in [-0.4, -0.2) is 20.3 Å². The maximum absolute atomic E-state index is 14.4. The predicted octanol–water partition coefficient (Wildman–Crippen LogP) is 2.79. The number of benzene rings is 2. The molecule has 1 aliphatic heterocycles. The fraction of sp³-hybridized carbons (Fsp3) is 0.105. The summed E-state index contributed by atoms with van der Waals surface area (Å²) in [4.78, 5) is 32.3. The Bertz CT molecular complexity index is 1260. The zero-order chi connectivity index (χ0) is 17.8. The normalized spacial score (nSPS) is 16.7. The number of H-pyrrole nitrogens is 1. The van der Waals surface area contributed by atoms with Gasteiger partial charge in [0.2, 0.25) is 11.7 Å². The van der Waals surface area contributed by atoms with Crippen molar-refractivity contribution in [1.82, 2.24) is 14.4 Å². The van der Waals surface area contributed by atoms with Gasteiger partial charge >= 0.3 is 0 Å². The number of anilines is 1. The number of carbonyl (C=O) groups excluding carboxylic acids is 1. The van der Waals surface area contributed by atoms with E-state index >= 15 is 0 Å². The van der Waals surface area contributed by atoms with E-state index in [4.69, 9.17) is 0 Å². The summed E-state index contributed by atoms with van der Waals surface area (Å²) in [7, 11) is 0. The zero-order valence-electron chi connectivity index (χ0n) is 13.5. The van der Waals surface area contributed by atoms with Gasteiger partial charge < -0.3 is 5.32 Å². The van der Waals surface area contributed by atoms with Gasteiger partial charge in [-0.3, -0.25) is 19.0 Å². The van der Waals surface area contributed by atoms with Crippen molar-refractivity contribution >= 4 is 28.5 Å². The van der Waals surface area contributed by atoms with Crippen LogP contribution in [0.25, 0.3) is 16.8 Å². The molecule has 2 N–H and O–H groups in total. The second kappa shape index (κ2) is 5.26. The molecule has 3 heterocycles. The maximum Gasteiger partial charge on any atom is 0.258 e. The molecule has 4 aromatic rings. The number of hydrogen-bond donors (Lipinski definition) is 2. The Morgan fingerprint density at radius 3 is 2.69 bits per heavy atom. The van der Waals surface area contributed by atoms with Crippen molar-refractivity contribution in [1.29, 1.82) is 0 Å². The lowest BCUT2D eigenvalue weighted by Crippen LogP contribution is -2.32. The smallest absolute Gasteiger partial charge is 0.258 e. The second-order valence-corrected chi connectivity index (χ2v) is 6.30. The van der Waals surface area contributed by atoms with Gasteiger partial charge in [-0.15, -0.1) is 0 Å². The molecule has 0 saturated heterocycles. The summed E-state index contributed by atoms with van der Waals surface area (Å²) in [6.45, 7) is 0. The molecule has 2 aromatic carbocycles. The molecule has 0 fully saturated rings. The molecule has 0 spiro atoms. The molecule has 26 heavy (non-hydrogen) atoms. The molecule has 1 aliphatic rings. The lowest BCUT2D eigenvalue weighted by Gasteiger charge is -2.26. The van der Waals surface area contributed by atoms with Gasteiger partial charge in [0, 0.05) is 12.3 Å². The van der Waals surface area contributed by atoms with Gasteiger partial charge in [0.1, 0.15) is 11.6 Å². The number of aromatic nitrogens is 3. The van der Waals surface area contributed by atoms with Crippen molar-refractivity contribution in [3.8, 4) is 0 Å². The Labute approximate surface area is 146 Å². The number of imidazole rings is 1. The standard InChI is InChI=1S/C19H13FN4O2/c20-12-6-2-1-5-10(12)11-9-15(25)22-17-16(11)18(26)23-19-21-13-7-3-4-8-14(13)24(17)19/h1-8,11H,9H2,(H,22,25)(H,21,23,26)/t11-/m0/s1. The van der Waals surface area contributed by atoms with Crippen LogP contribution in [0, 0.1) is 5.82 Å². The highest BCUT2D eigenvalue weighted by atomic mass is 19.1. The van der Waals surface area contributed by atoms with E-state index in [0.29, 0.717) is 28.2 Å². The highest BCUT2D eigenvalue weighted by Gasteiger charge is 2.33. The van der Waals surface area contributed by atoms with Crippen molar-refractivity contribution < 1.29 is 9.18 Å². The average molecular weight is 348 g/mol. The van der Waals surface area contributed by atoms with Crippen molar-refractivity contribution in [2.45, 2.75) is 12.3 Å². The molecule has 1 amide bonds. The van der Waals surface area contributed by atoms with Crippen LogP contribution < -0.4 is 10.9 Å². The van der Waals surface area contributed by atoms with Gasteiger partial charge in [0.15, 0.2) is 0 Å². The van der Waals surface area contributed by atoms with E-state index in [2.05, 4.69) is 15.3 Å². The largest absolute Gasteiger partial charge is 0.311 e. The molecular formula is C19H13FN4O2. The number of amides is 1. The molecule has 0 bridgehead atoms. The molecule has 1 atom stereocenters. The molecule has 0 unspecified atom stereocenters. The van der Waals surface area contributed by atoms with Crippen molar-refractivity contribution in [2.75, 3.05) is 5.32 Å². The van der Waals surface area contributed by atoms with Gasteiger partial charge in [-0.25, -0.2) is 9.37 Å². The Morgan fingerprint density at radius 2 is 1.85 bits per heavy atom. The number of carbonyl (C=O) groups is 1. The van der Waals surface area contributed by atoms with Crippen molar-refractivity contribution in [3.63, 3.8) is 0 Å². The molecule has 0 saturated carbocycles. The van der Waals surface area contributed by atoms with E-state index < -0.39 is 11.7 Å². The van der Waals surface area contributed by atoms with E-state index in [0.717, 1.165) is 5.52 Å². The lowest BCUT2D eigenvalue weighted by molar-refractivity contribution is -0.116. The van der Waals surface area contributed by atoms with Crippen molar-refractivity contribution in [2.24, 2.45) is 0 Å². The number of halogens is 1. The topological polar surface area (TPSA) is 79.3 Å². The Hall–Kier alpha value is -3.48. The van der Waals surface area contributed by atoms with Gasteiger partial charge in [0.05, 0.1) is 16.6 Å². The summed E-state index contributed by atoms with van der Waals surface area (Å²) in [6, 6.07) is 13.6. The average Bonchev–Trinajstić information content (AvgIpc) is 2.99. The van der Waals surface area contributed by atoms with Gasteiger partial charge in [-0.1, -0.05) is 30.3 Å². The van der Waals surface area contributed by atoms with E-state index in [1.807, 2.05) is 24.3 Å². The molecular weight excluding hydrogens is 335 g/mol. The monoisotopic (exact) mass is 348 g/mol. The van der Waals surface area contributed by atoms with Gasteiger partial charge in [-0.2, -0.15) is 0 Å². The Kier molecular flexibility index (Phi) is 3.00. The number of nitrogens with zero attached hydrogens (tertiary/aromatic N) is 2. The highest BCUT2D eigenvalue weighted by Crippen LogP contribution is 2.36. The van der Waals surface area contributed by atoms with Crippen molar-refractivity contribution in [3.05, 3.63) is 75.8 Å². The van der Waals surface area contributed by atoms with Gasteiger partial charge in [-0.05, 0) is 23.8 Å². The highest BCUT2D eigenvalue weighted by molar-refractivity contribution is 5.96. The third-order valence-electron chi connectivity index (χ3n) is 4.79. The number of fused-ring (bicyclic) bond motifs is 5. The number of para-hydroxylation sites is 2. The summed E-state index contributed by atoms with van der Waals surface area (Å²) >= 11 is 0. The SMILES string of the molecule is O=C1C[C@@H](c2ccccc2F)c2c(n3c(nc4ccccc43)[nH]c2=O)N1. The first-order valence-electron chi connectivity index (χ1n) is 8.21. The third-order valence-corrected chi connectivity index (χ3v) is 4.79. The van der Waals surface area contributed by atoms with Crippen LogP contribution in [0.5, 0.6) is 0 Å².